The van der Waals surface area contributed by atoms with Crippen LogP contribution in [0.15, 0.2) is 18.2 Å². The molecule has 1 heterocycles. The number of nitrogens with zero attached hydrogens (tertiary/aromatic N) is 1. The second-order valence-electron chi connectivity index (χ2n) is 4.18. The maximum absolute atomic E-state index is 11.1. The van der Waals surface area contributed by atoms with E-state index in [-0.39, 0.29) is 5.91 Å². The van der Waals surface area contributed by atoms with Crippen LogP contribution >= 0.6 is 15.9 Å². The summed E-state index contributed by atoms with van der Waals surface area (Å²) >= 11 is 3.64. The number of amides is 1. The molecule has 0 radical (unpaired) electrons. The quantitative estimate of drug-likeness (QED) is 0.634. The van der Waals surface area contributed by atoms with Gasteiger partial charge in [0.25, 0.3) is 0 Å². The minimum absolute atomic E-state index is 0.0153. The number of rotatable bonds is 1. The minimum Gasteiger partial charge on any atom is -0.326 e. The van der Waals surface area contributed by atoms with Gasteiger partial charge in [-0.25, -0.2) is 0 Å². The van der Waals surface area contributed by atoms with E-state index in [0.717, 1.165) is 18.7 Å². The topological polar surface area (TPSA) is 32.3 Å². The molecule has 1 atom stereocenters. The predicted molar refractivity (Wildman–Crippen MR) is 68.6 cm³/mol. The molecule has 1 aromatic carbocycles. The molecule has 0 saturated heterocycles. The third-order valence-electron chi connectivity index (χ3n) is 2.85. The van der Waals surface area contributed by atoms with Crippen molar-refractivity contribution in [3.05, 3.63) is 29.3 Å². The Labute approximate surface area is 104 Å². The van der Waals surface area contributed by atoms with Gasteiger partial charge in [-0.2, -0.15) is 0 Å². The van der Waals surface area contributed by atoms with Gasteiger partial charge >= 0.3 is 0 Å². The highest BCUT2D eigenvalue weighted by molar-refractivity contribution is 9.09. The zero-order valence-corrected chi connectivity index (χ0v) is 11.0. The monoisotopic (exact) mass is 282 g/mol. The van der Waals surface area contributed by atoms with Gasteiger partial charge in [-0.1, -0.05) is 28.1 Å². The van der Waals surface area contributed by atoms with Crippen molar-refractivity contribution in [2.24, 2.45) is 0 Å². The zero-order chi connectivity index (χ0) is 11.7. The lowest BCUT2D eigenvalue weighted by molar-refractivity contribution is -0.114. The third-order valence-corrected chi connectivity index (χ3v) is 3.88. The average molecular weight is 283 g/mol. The molecular formula is C12H15BrN2O. The summed E-state index contributed by atoms with van der Waals surface area (Å²) in [5.41, 5.74) is 3.49. The first kappa shape index (κ1) is 11.6. The Balaban J connectivity index is 2.36. The molecule has 1 aliphatic rings. The van der Waals surface area contributed by atoms with E-state index in [1.807, 2.05) is 12.1 Å². The molecular weight excluding hydrogens is 268 g/mol. The van der Waals surface area contributed by atoms with Crippen molar-refractivity contribution >= 4 is 27.5 Å². The summed E-state index contributed by atoms with van der Waals surface area (Å²) in [6.07, 6.45) is 0.919. The first-order chi connectivity index (χ1) is 7.58. The molecule has 0 aromatic heterocycles. The molecule has 0 aliphatic carbocycles. The third kappa shape index (κ3) is 2.28. The van der Waals surface area contributed by atoms with Crippen LogP contribution in [-0.2, 0) is 17.8 Å². The highest BCUT2D eigenvalue weighted by atomic mass is 79.9. The molecule has 16 heavy (non-hydrogen) atoms. The van der Waals surface area contributed by atoms with Crippen molar-refractivity contribution in [2.45, 2.75) is 24.8 Å². The smallest absolute Gasteiger partial charge is 0.221 e. The number of likely N-dealkylation sites (N-methyl/N-ethyl adjacent to an activating group) is 1. The molecule has 3 nitrogen and oxygen atoms in total. The lowest BCUT2D eigenvalue weighted by atomic mass is 9.98. The van der Waals surface area contributed by atoms with Crippen molar-refractivity contribution in [2.75, 3.05) is 12.4 Å². The molecule has 0 bridgehead atoms. The number of anilines is 1. The normalized spacial score (nSPS) is 20.3. The van der Waals surface area contributed by atoms with Gasteiger partial charge in [0.2, 0.25) is 5.91 Å². The van der Waals surface area contributed by atoms with Gasteiger partial charge in [0.1, 0.15) is 0 Å². The molecule has 0 saturated carbocycles. The SMILES string of the molecule is CC(=O)Nc1cccc2c1CC(Br)N(C)C2. The molecule has 1 unspecified atom stereocenters. The number of hydrogen-bond acceptors (Lipinski definition) is 2. The average Bonchev–Trinajstić information content (AvgIpc) is 2.20. The molecule has 0 fully saturated rings. The summed E-state index contributed by atoms with van der Waals surface area (Å²) in [4.78, 5) is 13.7. The fourth-order valence-electron chi connectivity index (χ4n) is 2.02. The molecule has 4 heteroatoms. The highest BCUT2D eigenvalue weighted by Crippen LogP contribution is 2.30. The van der Waals surface area contributed by atoms with E-state index in [0.29, 0.717) is 4.95 Å². The number of halogens is 1. The summed E-state index contributed by atoms with van der Waals surface area (Å²) in [6.45, 7) is 2.46. The van der Waals surface area contributed by atoms with Crippen molar-refractivity contribution in [3.8, 4) is 0 Å². The van der Waals surface area contributed by atoms with E-state index in [2.05, 4.69) is 39.3 Å². The summed E-state index contributed by atoms with van der Waals surface area (Å²) < 4.78 is 0. The van der Waals surface area contributed by atoms with E-state index in [9.17, 15) is 4.79 Å². The largest absolute Gasteiger partial charge is 0.326 e. The number of carbonyl (C=O) groups is 1. The summed E-state index contributed by atoms with van der Waals surface area (Å²) in [7, 11) is 2.09. The van der Waals surface area contributed by atoms with Crippen molar-refractivity contribution in [3.63, 3.8) is 0 Å². The highest BCUT2D eigenvalue weighted by Gasteiger charge is 2.23. The lowest BCUT2D eigenvalue weighted by Crippen LogP contribution is -2.33. The number of alkyl halides is 1. The number of benzene rings is 1. The van der Waals surface area contributed by atoms with Crippen LogP contribution in [0.4, 0.5) is 5.69 Å². The van der Waals surface area contributed by atoms with Crippen LogP contribution < -0.4 is 5.32 Å². The molecule has 2 rings (SSSR count). The Kier molecular flexibility index (Phi) is 3.30. The van der Waals surface area contributed by atoms with Crippen LogP contribution in [0.5, 0.6) is 0 Å². The molecule has 86 valence electrons. The number of hydrogen-bond donors (Lipinski definition) is 1. The molecule has 1 amide bonds. The van der Waals surface area contributed by atoms with Crippen LogP contribution in [-0.4, -0.2) is 22.8 Å². The second-order valence-corrected chi connectivity index (χ2v) is 5.24. The Morgan fingerprint density at radius 1 is 1.56 bits per heavy atom. The van der Waals surface area contributed by atoms with Gasteiger partial charge in [0.15, 0.2) is 0 Å². The summed E-state index contributed by atoms with van der Waals surface area (Å²) in [5, 5.41) is 2.89. The summed E-state index contributed by atoms with van der Waals surface area (Å²) in [5.74, 6) is -0.0153. The molecule has 0 spiro atoms. The fourth-order valence-corrected chi connectivity index (χ4v) is 2.49. The van der Waals surface area contributed by atoms with Gasteiger partial charge in [-0.15, -0.1) is 0 Å². The first-order valence-corrected chi connectivity index (χ1v) is 6.22. The Morgan fingerprint density at radius 3 is 3.00 bits per heavy atom. The predicted octanol–water partition coefficient (Wildman–Crippen LogP) is 2.35. The van der Waals surface area contributed by atoms with Gasteiger partial charge < -0.3 is 5.32 Å². The van der Waals surface area contributed by atoms with E-state index in [1.54, 1.807) is 6.92 Å². The second kappa shape index (κ2) is 4.55. The Hall–Kier alpha value is -0.870. The van der Waals surface area contributed by atoms with Crippen molar-refractivity contribution < 1.29 is 4.79 Å². The maximum atomic E-state index is 11.1. The number of nitrogens with one attached hydrogen (secondary N) is 1. The van der Waals surface area contributed by atoms with Crippen molar-refractivity contribution in [1.82, 2.24) is 4.90 Å². The van der Waals surface area contributed by atoms with E-state index < -0.39 is 0 Å². The van der Waals surface area contributed by atoms with Crippen LogP contribution in [0.25, 0.3) is 0 Å². The van der Waals surface area contributed by atoms with E-state index >= 15 is 0 Å². The van der Waals surface area contributed by atoms with Gasteiger partial charge in [0, 0.05) is 25.6 Å². The summed E-state index contributed by atoms with van der Waals surface area (Å²) in [6, 6.07) is 6.08. The van der Waals surface area contributed by atoms with Crippen molar-refractivity contribution in [1.29, 1.82) is 0 Å². The van der Waals surface area contributed by atoms with Crippen LogP contribution in [0.3, 0.4) is 0 Å². The fraction of sp³-hybridized carbons (Fsp3) is 0.417. The molecule has 1 aromatic rings. The number of fused-ring (bicyclic) bond motifs is 1. The van der Waals surface area contributed by atoms with Gasteiger partial charge in [0.05, 0.1) is 4.95 Å². The number of carbonyl (C=O) groups excluding carboxylic acids is 1. The Morgan fingerprint density at radius 2 is 2.31 bits per heavy atom. The van der Waals surface area contributed by atoms with Gasteiger partial charge in [-0.3, -0.25) is 9.69 Å². The Bertz CT molecular complexity index is 419. The van der Waals surface area contributed by atoms with E-state index in [4.69, 9.17) is 0 Å². The maximum Gasteiger partial charge on any atom is 0.221 e. The van der Waals surface area contributed by atoms with Crippen LogP contribution in [0.1, 0.15) is 18.1 Å². The minimum atomic E-state index is -0.0153. The molecule has 1 N–H and O–H groups in total. The zero-order valence-electron chi connectivity index (χ0n) is 9.46. The first-order valence-electron chi connectivity index (χ1n) is 5.30. The standard InChI is InChI=1S/C12H15BrN2O/c1-8(16)14-11-5-3-4-9-7-15(2)12(13)6-10(9)11/h3-5,12H,6-7H2,1-2H3,(H,14,16). The van der Waals surface area contributed by atoms with Gasteiger partial charge in [-0.05, 0) is 24.2 Å². The van der Waals surface area contributed by atoms with Crippen LogP contribution in [0, 0.1) is 0 Å². The van der Waals surface area contributed by atoms with Crippen LogP contribution in [0.2, 0.25) is 0 Å². The lowest BCUT2D eigenvalue weighted by Gasteiger charge is -2.31. The van der Waals surface area contributed by atoms with E-state index in [1.165, 1.54) is 11.1 Å². The molecule has 1 aliphatic heterocycles.